The standard InChI is InChI=1S/C18H11F3N2/c19-18(20,21)12-5-3-6-13(11-12)23-16-9-2-1-7-14(16)15-8-4-10-22-17(15)23/h1-11H. The smallest absolute Gasteiger partial charge is 0.294 e. The average Bonchev–Trinajstić information content (AvgIpc) is 2.89. The molecule has 2 aromatic carbocycles. The van der Waals surface area contributed by atoms with Crippen molar-refractivity contribution in [1.29, 1.82) is 0 Å². The summed E-state index contributed by atoms with van der Waals surface area (Å²) in [5, 5.41) is 1.88. The summed E-state index contributed by atoms with van der Waals surface area (Å²) in [4.78, 5) is 4.37. The van der Waals surface area contributed by atoms with E-state index >= 15 is 0 Å². The Morgan fingerprint density at radius 1 is 0.826 bits per heavy atom. The van der Waals surface area contributed by atoms with E-state index in [4.69, 9.17) is 0 Å². The zero-order valence-corrected chi connectivity index (χ0v) is 11.9. The Kier molecular flexibility index (Phi) is 2.91. The van der Waals surface area contributed by atoms with Gasteiger partial charge in [0.1, 0.15) is 5.65 Å². The van der Waals surface area contributed by atoms with Crippen molar-refractivity contribution in [3.63, 3.8) is 0 Å². The monoisotopic (exact) mass is 312 g/mol. The Hall–Kier alpha value is -2.82. The minimum atomic E-state index is -4.37. The normalized spacial score (nSPS) is 12.1. The summed E-state index contributed by atoms with van der Waals surface area (Å²) in [6.45, 7) is 0. The third kappa shape index (κ3) is 2.16. The van der Waals surface area contributed by atoms with E-state index in [1.807, 2.05) is 36.4 Å². The zero-order valence-electron chi connectivity index (χ0n) is 11.9. The minimum absolute atomic E-state index is 0.449. The lowest BCUT2D eigenvalue weighted by Crippen LogP contribution is -2.06. The van der Waals surface area contributed by atoms with Crippen LogP contribution in [0.2, 0.25) is 0 Å². The van der Waals surface area contributed by atoms with Crippen LogP contribution in [0.1, 0.15) is 5.56 Å². The van der Waals surface area contributed by atoms with Crippen LogP contribution in [0.5, 0.6) is 0 Å². The maximum absolute atomic E-state index is 13.0. The first kappa shape index (κ1) is 13.8. The molecule has 0 aliphatic heterocycles. The topological polar surface area (TPSA) is 17.8 Å². The van der Waals surface area contributed by atoms with E-state index in [2.05, 4.69) is 4.98 Å². The summed E-state index contributed by atoms with van der Waals surface area (Å²) < 4.78 is 40.8. The Labute approximate surface area is 129 Å². The van der Waals surface area contributed by atoms with E-state index in [9.17, 15) is 13.2 Å². The summed E-state index contributed by atoms with van der Waals surface area (Å²) in [6.07, 6.45) is -2.73. The number of halogens is 3. The molecule has 0 aliphatic rings. The molecule has 23 heavy (non-hydrogen) atoms. The van der Waals surface area contributed by atoms with Crippen LogP contribution in [0.4, 0.5) is 13.2 Å². The molecule has 2 nitrogen and oxygen atoms in total. The van der Waals surface area contributed by atoms with Crippen molar-refractivity contribution >= 4 is 21.9 Å². The summed E-state index contributed by atoms with van der Waals surface area (Å²) in [5.74, 6) is 0. The number of pyridine rings is 1. The van der Waals surface area contributed by atoms with Crippen molar-refractivity contribution in [2.24, 2.45) is 0 Å². The van der Waals surface area contributed by atoms with Gasteiger partial charge >= 0.3 is 6.18 Å². The highest BCUT2D eigenvalue weighted by molar-refractivity contribution is 6.07. The lowest BCUT2D eigenvalue weighted by atomic mass is 10.2. The molecule has 4 rings (SSSR count). The number of aromatic nitrogens is 2. The predicted molar refractivity (Wildman–Crippen MR) is 83.6 cm³/mol. The van der Waals surface area contributed by atoms with Crippen LogP contribution >= 0.6 is 0 Å². The quantitative estimate of drug-likeness (QED) is 0.472. The van der Waals surface area contributed by atoms with Crippen LogP contribution in [0.15, 0.2) is 66.9 Å². The van der Waals surface area contributed by atoms with E-state index in [0.717, 1.165) is 28.4 Å². The molecule has 0 unspecified atom stereocenters. The van der Waals surface area contributed by atoms with Crippen LogP contribution in [-0.2, 0) is 6.18 Å². The maximum Gasteiger partial charge on any atom is 0.416 e. The van der Waals surface area contributed by atoms with Gasteiger partial charge in [-0.3, -0.25) is 4.57 Å². The second-order valence-corrected chi connectivity index (χ2v) is 5.28. The number of rotatable bonds is 1. The van der Waals surface area contributed by atoms with Gasteiger partial charge in [0.25, 0.3) is 0 Å². The van der Waals surface area contributed by atoms with Gasteiger partial charge in [0, 0.05) is 22.7 Å². The molecule has 0 N–H and O–H groups in total. The van der Waals surface area contributed by atoms with Gasteiger partial charge in [0.15, 0.2) is 0 Å². The highest BCUT2D eigenvalue weighted by Crippen LogP contribution is 2.34. The van der Waals surface area contributed by atoms with Gasteiger partial charge in [-0.15, -0.1) is 0 Å². The number of para-hydroxylation sites is 1. The van der Waals surface area contributed by atoms with E-state index < -0.39 is 11.7 Å². The SMILES string of the molecule is FC(F)(F)c1cccc(-n2c3ccccc3c3cccnc32)c1. The number of hydrogen-bond acceptors (Lipinski definition) is 1. The molecule has 0 spiro atoms. The third-order valence-electron chi connectivity index (χ3n) is 3.87. The molecule has 0 atom stereocenters. The lowest BCUT2D eigenvalue weighted by Gasteiger charge is -2.11. The molecule has 0 bridgehead atoms. The van der Waals surface area contributed by atoms with Gasteiger partial charge in [-0.2, -0.15) is 13.2 Å². The molecule has 2 aromatic heterocycles. The molecule has 0 saturated carbocycles. The highest BCUT2D eigenvalue weighted by atomic mass is 19.4. The summed E-state index contributed by atoms with van der Waals surface area (Å²) >= 11 is 0. The largest absolute Gasteiger partial charge is 0.416 e. The molecule has 0 radical (unpaired) electrons. The first-order valence-electron chi connectivity index (χ1n) is 7.07. The van der Waals surface area contributed by atoms with E-state index in [0.29, 0.717) is 11.3 Å². The summed E-state index contributed by atoms with van der Waals surface area (Å²) in [6, 6.07) is 16.7. The minimum Gasteiger partial charge on any atom is -0.294 e. The number of benzene rings is 2. The third-order valence-corrected chi connectivity index (χ3v) is 3.87. The molecule has 0 fully saturated rings. The van der Waals surface area contributed by atoms with Gasteiger partial charge in [0.2, 0.25) is 0 Å². The Bertz CT molecular complexity index is 962. The first-order chi connectivity index (χ1) is 11.1. The highest BCUT2D eigenvalue weighted by Gasteiger charge is 2.30. The Morgan fingerprint density at radius 3 is 2.43 bits per heavy atom. The fourth-order valence-corrected chi connectivity index (χ4v) is 2.88. The molecule has 114 valence electrons. The Balaban J connectivity index is 2.09. The van der Waals surface area contributed by atoms with Gasteiger partial charge in [-0.25, -0.2) is 4.98 Å². The van der Waals surface area contributed by atoms with E-state index in [1.165, 1.54) is 6.07 Å². The van der Waals surface area contributed by atoms with Crippen LogP contribution in [0.3, 0.4) is 0 Å². The van der Waals surface area contributed by atoms with Crippen molar-refractivity contribution in [2.45, 2.75) is 6.18 Å². The summed E-state index contributed by atoms with van der Waals surface area (Å²) in [5.41, 5.74) is 1.26. The van der Waals surface area contributed by atoms with Crippen LogP contribution < -0.4 is 0 Å². The zero-order chi connectivity index (χ0) is 16.0. The second-order valence-electron chi connectivity index (χ2n) is 5.28. The molecular formula is C18H11F3N2. The van der Waals surface area contributed by atoms with Crippen molar-refractivity contribution in [3.05, 3.63) is 72.4 Å². The van der Waals surface area contributed by atoms with Crippen LogP contribution in [0.25, 0.3) is 27.6 Å². The van der Waals surface area contributed by atoms with Gasteiger partial charge < -0.3 is 0 Å². The van der Waals surface area contributed by atoms with Crippen molar-refractivity contribution in [1.82, 2.24) is 9.55 Å². The molecule has 2 heterocycles. The van der Waals surface area contributed by atoms with Crippen LogP contribution in [-0.4, -0.2) is 9.55 Å². The van der Waals surface area contributed by atoms with Gasteiger partial charge in [0.05, 0.1) is 11.1 Å². The lowest BCUT2D eigenvalue weighted by molar-refractivity contribution is -0.137. The molecule has 0 saturated heterocycles. The first-order valence-corrected chi connectivity index (χ1v) is 7.07. The van der Waals surface area contributed by atoms with Crippen molar-refractivity contribution in [2.75, 3.05) is 0 Å². The maximum atomic E-state index is 13.0. The summed E-state index contributed by atoms with van der Waals surface area (Å²) in [7, 11) is 0. The molecular weight excluding hydrogens is 301 g/mol. The molecule has 5 heteroatoms. The van der Waals surface area contributed by atoms with E-state index in [1.54, 1.807) is 16.8 Å². The molecule has 4 aromatic rings. The Morgan fingerprint density at radius 2 is 1.61 bits per heavy atom. The molecule has 0 aliphatic carbocycles. The number of alkyl halides is 3. The predicted octanol–water partition coefficient (Wildman–Crippen LogP) is 5.20. The number of nitrogens with zero attached hydrogens (tertiary/aromatic N) is 2. The van der Waals surface area contributed by atoms with Gasteiger partial charge in [-0.1, -0.05) is 24.3 Å². The van der Waals surface area contributed by atoms with Gasteiger partial charge in [-0.05, 0) is 36.4 Å². The number of fused-ring (bicyclic) bond motifs is 3. The second kappa shape index (κ2) is 4.84. The fraction of sp³-hybridized carbons (Fsp3) is 0.0556. The average molecular weight is 312 g/mol. The molecule has 0 amide bonds. The van der Waals surface area contributed by atoms with E-state index in [-0.39, 0.29) is 0 Å². The number of hydrogen-bond donors (Lipinski definition) is 0. The fourth-order valence-electron chi connectivity index (χ4n) is 2.88. The van der Waals surface area contributed by atoms with Crippen molar-refractivity contribution < 1.29 is 13.2 Å². The van der Waals surface area contributed by atoms with Crippen molar-refractivity contribution in [3.8, 4) is 5.69 Å². The van der Waals surface area contributed by atoms with Crippen LogP contribution in [0, 0.1) is 0 Å².